The van der Waals surface area contributed by atoms with Crippen LogP contribution in [0.15, 0.2) is 65.4 Å². The number of anilines is 1. The third-order valence-corrected chi connectivity index (χ3v) is 6.09. The number of hydrogen-bond acceptors (Lipinski definition) is 6. The van der Waals surface area contributed by atoms with Gasteiger partial charge in [0, 0.05) is 56.7 Å². The van der Waals surface area contributed by atoms with E-state index >= 15 is 0 Å². The van der Waals surface area contributed by atoms with Gasteiger partial charge in [-0.3, -0.25) is 9.48 Å². The molecule has 0 saturated heterocycles. The third kappa shape index (κ3) is 5.02. The molecule has 4 aromatic rings. The molecular formula is C26H28N6O2. The molecule has 0 bridgehead atoms. The highest BCUT2D eigenvalue weighted by Crippen LogP contribution is 2.22. The Morgan fingerprint density at radius 1 is 1.06 bits per heavy atom. The second-order valence-corrected chi connectivity index (χ2v) is 8.81. The number of nitrogens with one attached hydrogen (secondary N) is 2. The molecule has 1 amide bonds. The van der Waals surface area contributed by atoms with Gasteiger partial charge < -0.3 is 20.1 Å². The summed E-state index contributed by atoms with van der Waals surface area (Å²) in [5.41, 5.74) is 7.53. The second kappa shape index (κ2) is 9.52. The van der Waals surface area contributed by atoms with E-state index in [9.17, 15) is 4.79 Å². The standard InChI is InChI=1S/C26H28N6O2/c1-31-9-8-20-6-7-23(11-21(20)16-31)27-13-18-4-3-5-19(10-18)14-28-26(33)25-12-24(30-34-25)22-15-29-32(2)17-22/h3-7,10-12,15,17,27H,8-9,13-14,16H2,1-2H3,(H,28,33). The molecular weight excluding hydrogens is 428 g/mol. The predicted octanol–water partition coefficient (Wildman–Crippen LogP) is 3.61. The summed E-state index contributed by atoms with van der Waals surface area (Å²) in [6, 6.07) is 16.5. The summed E-state index contributed by atoms with van der Waals surface area (Å²) in [6.07, 6.45) is 4.61. The molecule has 174 valence electrons. The van der Waals surface area contributed by atoms with Crippen molar-refractivity contribution < 1.29 is 9.32 Å². The lowest BCUT2D eigenvalue weighted by Crippen LogP contribution is -2.26. The smallest absolute Gasteiger partial charge is 0.290 e. The summed E-state index contributed by atoms with van der Waals surface area (Å²) < 4.78 is 6.90. The van der Waals surface area contributed by atoms with Crippen LogP contribution in [0.2, 0.25) is 0 Å². The van der Waals surface area contributed by atoms with Crippen LogP contribution in [0, 0.1) is 0 Å². The molecule has 5 rings (SSSR count). The van der Waals surface area contributed by atoms with Crippen LogP contribution in [-0.4, -0.2) is 39.3 Å². The van der Waals surface area contributed by atoms with Crippen LogP contribution in [0.4, 0.5) is 5.69 Å². The van der Waals surface area contributed by atoms with Crippen LogP contribution in [0.5, 0.6) is 0 Å². The van der Waals surface area contributed by atoms with Gasteiger partial charge in [-0.25, -0.2) is 0 Å². The van der Waals surface area contributed by atoms with Gasteiger partial charge in [-0.05, 0) is 47.9 Å². The molecule has 0 radical (unpaired) electrons. The van der Waals surface area contributed by atoms with Crippen molar-refractivity contribution in [3.8, 4) is 11.3 Å². The van der Waals surface area contributed by atoms with Gasteiger partial charge in [0.25, 0.3) is 5.91 Å². The molecule has 0 spiro atoms. The fraction of sp³-hybridized carbons (Fsp3) is 0.269. The van der Waals surface area contributed by atoms with Gasteiger partial charge >= 0.3 is 0 Å². The van der Waals surface area contributed by atoms with Crippen molar-refractivity contribution in [2.75, 3.05) is 18.9 Å². The number of carbonyl (C=O) groups excluding carboxylic acids is 1. The average molecular weight is 457 g/mol. The van der Waals surface area contributed by atoms with E-state index in [1.165, 1.54) is 11.1 Å². The zero-order valence-corrected chi connectivity index (χ0v) is 19.4. The van der Waals surface area contributed by atoms with E-state index in [2.05, 4.69) is 63.2 Å². The minimum absolute atomic E-state index is 0.176. The predicted molar refractivity (Wildman–Crippen MR) is 130 cm³/mol. The summed E-state index contributed by atoms with van der Waals surface area (Å²) in [5, 5.41) is 14.5. The first-order valence-electron chi connectivity index (χ1n) is 11.4. The Morgan fingerprint density at radius 3 is 2.74 bits per heavy atom. The van der Waals surface area contributed by atoms with Gasteiger partial charge in [-0.15, -0.1) is 0 Å². The van der Waals surface area contributed by atoms with Crippen molar-refractivity contribution in [1.29, 1.82) is 0 Å². The molecule has 0 atom stereocenters. The lowest BCUT2D eigenvalue weighted by molar-refractivity contribution is 0.0914. The Bertz CT molecular complexity index is 1310. The minimum atomic E-state index is -0.301. The fourth-order valence-corrected chi connectivity index (χ4v) is 4.20. The molecule has 0 unspecified atom stereocenters. The molecule has 1 aliphatic rings. The first-order valence-corrected chi connectivity index (χ1v) is 11.4. The van der Waals surface area contributed by atoms with Crippen molar-refractivity contribution in [3.63, 3.8) is 0 Å². The number of carbonyl (C=O) groups is 1. The number of aryl methyl sites for hydroxylation is 1. The zero-order chi connectivity index (χ0) is 23.5. The van der Waals surface area contributed by atoms with Gasteiger partial charge in [0.15, 0.2) is 0 Å². The summed E-state index contributed by atoms with van der Waals surface area (Å²) in [6.45, 7) is 3.23. The number of nitrogens with zero attached hydrogens (tertiary/aromatic N) is 4. The molecule has 8 heteroatoms. The Hall–Kier alpha value is -3.91. The molecule has 34 heavy (non-hydrogen) atoms. The van der Waals surface area contributed by atoms with Gasteiger partial charge in [0.05, 0.1) is 6.20 Å². The highest BCUT2D eigenvalue weighted by Gasteiger charge is 2.15. The van der Waals surface area contributed by atoms with Crippen LogP contribution in [-0.2, 0) is 33.1 Å². The molecule has 3 heterocycles. The minimum Gasteiger partial charge on any atom is -0.381 e. The summed E-state index contributed by atoms with van der Waals surface area (Å²) in [4.78, 5) is 14.9. The lowest BCUT2D eigenvalue weighted by Gasteiger charge is -2.25. The number of fused-ring (bicyclic) bond motifs is 1. The van der Waals surface area contributed by atoms with E-state index in [0.29, 0.717) is 18.8 Å². The van der Waals surface area contributed by atoms with E-state index in [4.69, 9.17) is 4.52 Å². The Balaban J connectivity index is 1.17. The quantitative estimate of drug-likeness (QED) is 0.442. The molecule has 1 aliphatic heterocycles. The summed E-state index contributed by atoms with van der Waals surface area (Å²) >= 11 is 0. The molecule has 0 saturated carbocycles. The number of benzene rings is 2. The van der Waals surface area contributed by atoms with E-state index in [-0.39, 0.29) is 11.7 Å². The van der Waals surface area contributed by atoms with E-state index in [1.807, 2.05) is 25.4 Å². The molecule has 2 N–H and O–H groups in total. The molecule has 8 nitrogen and oxygen atoms in total. The molecule has 2 aromatic carbocycles. The first kappa shape index (κ1) is 21.9. The van der Waals surface area contributed by atoms with Gasteiger partial charge in [0.2, 0.25) is 5.76 Å². The maximum atomic E-state index is 12.5. The SMILES string of the molecule is CN1CCc2ccc(NCc3cccc(CNC(=O)c4cc(-c5cnn(C)c5)no4)c3)cc2C1. The number of rotatable bonds is 7. The largest absolute Gasteiger partial charge is 0.381 e. The third-order valence-electron chi connectivity index (χ3n) is 6.09. The van der Waals surface area contributed by atoms with Crippen molar-refractivity contribution in [1.82, 2.24) is 25.2 Å². The Labute approximate surface area is 198 Å². The van der Waals surface area contributed by atoms with Gasteiger partial charge in [0.1, 0.15) is 5.69 Å². The van der Waals surface area contributed by atoms with Crippen LogP contribution < -0.4 is 10.6 Å². The van der Waals surface area contributed by atoms with Crippen molar-refractivity contribution in [2.24, 2.45) is 7.05 Å². The zero-order valence-electron chi connectivity index (χ0n) is 19.4. The van der Waals surface area contributed by atoms with Crippen molar-refractivity contribution >= 4 is 11.6 Å². The number of amides is 1. The highest BCUT2D eigenvalue weighted by atomic mass is 16.5. The number of likely N-dealkylation sites (N-methyl/N-ethyl adjacent to an activating group) is 1. The summed E-state index contributed by atoms with van der Waals surface area (Å²) in [5.74, 6) is -0.125. The van der Waals surface area contributed by atoms with E-state index in [0.717, 1.165) is 41.9 Å². The maximum absolute atomic E-state index is 12.5. The lowest BCUT2D eigenvalue weighted by atomic mass is 9.99. The Kier molecular flexibility index (Phi) is 6.14. The summed E-state index contributed by atoms with van der Waals surface area (Å²) in [7, 11) is 3.99. The molecule has 0 aliphatic carbocycles. The molecule has 2 aromatic heterocycles. The van der Waals surface area contributed by atoms with Gasteiger partial charge in [-0.1, -0.05) is 35.5 Å². The average Bonchev–Trinajstić information content (AvgIpc) is 3.50. The van der Waals surface area contributed by atoms with Crippen molar-refractivity contribution in [3.05, 3.63) is 88.9 Å². The fourth-order valence-electron chi connectivity index (χ4n) is 4.20. The maximum Gasteiger partial charge on any atom is 0.290 e. The van der Waals surface area contributed by atoms with Crippen LogP contribution in [0.3, 0.4) is 0 Å². The highest BCUT2D eigenvalue weighted by molar-refractivity contribution is 5.92. The first-order chi connectivity index (χ1) is 16.5. The van der Waals surface area contributed by atoms with Crippen molar-refractivity contribution in [2.45, 2.75) is 26.1 Å². The normalized spacial score (nSPS) is 13.5. The van der Waals surface area contributed by atoms with E-state index in [1.54, 1.807) is 16.9 Å². The van der Waals surface area contributed by atoms with Crippen LogP contribution >= 0.6 is 0 Å². The van der Waals surface area contributed by atoms with Crippen LogP contribution in [0.25, 0.3) is 11.3 Å². The van der Waals surface area contributed by atoms with Crippen LogP contribution in [0.1, 0.15) is 32.8 Å². The Morgan fingerprint density at radius 2 is 1.91 bits per heavy atom. The number of aromatic nitrogens is 3. The topological polar surface area (TPSA) is 88.2 Å². The van der Waals surface area contributed by atoms with Gasteiger partial charge in [-0.2, -0.15) is 5.10 Å². The second-order valence-electron chi connectivity index (χ2n) is 8.81. The van der Waals surface area contributed by atoms with E-state index < -0.39 is 0 Å². The number of hydrogen-bond donors (Lipinski definition) is 2. The monoisotopic (exact) mass is 456 g/mol. The molecule has 0 fully saturated rings.